The lowest BCUT2D eigenvalue weighted by Crippen LogP contribution is -2.36. The van der Waals surface area contributed by atoms with Crippen LogP contribution in [0.4, 0.5) is 5.69 Å². The molecular weight excluding hydrogens is 256 g/mol. The Balaban J connectivity index is 2.02. The second kappa shape index (κ2) is 4.74. The molecule has 0 aliphatic carbocycles. The fraction of sp³-hybridized carbons (Fsp3) is 0.400. The zero-order chi connectivity index (χ0) is 14.3. The number of anilines is 1. The van der Waals surface area contributed by atoms with E-state index in [1.807, 2.05) is 11.8 Å². The lowest BCUT2D eigenvalue weighted by Gasteiger charge is -2.20. The highest BCUT2D eigenvalue weighted by atomic mass is 16.5. The van der Waals surface area contributed by atoms with Crippen LogP contribution in [0.25, 0.3) is 0 Å². The van der Waals surface area contributed by atoms with E-state index < -0.39 is 0 Å². The molecule has 0 spiro atoms. The van der Waals surface area contributed by atoms with Crippen LogP contribution in [0, 0.1) is 0 Å². The van der Waals surface area contributed by atoms with E-state index in [4.69, 9.17) is 4.74 Å². The molecule has 0 radical (unpaired) electrons. The monoisotopic (exact) mass is 274 g/mol. The van der Waals surface area contributed by atoms with Gasteiger partial charge in [0.05, 0.1) is 24.4 Å². The highest BCUT2D eigenvalue weighted by Gasteiger charge is 2.35. The zero-order valence-corrected chi connectivity index (χ0v) is 11.6. The molecule has 1 atom stereocenters. The predicted molar refractivity (Wildman–Crippen MR) is 76.3 cm³/mol. The van der Waals surface area contributed by atoms with Crippen molar-refractivity contribution in [2.75, 3.05) is 25.5 Å². The molecule has 5 nitrogen and oxygen atoms in total. The van der Waals surface area contributed by atoms with Gasteiger partial charge in [0.1, 0.15) is 0 Å². The van der Waals surface area contributed by atoms with Crippen LogP contribution in [0.1, 0.15) is 23.7 Å². The summed E-state index contributed by atoms with van der Waals surface area (Å²) in [6.45, 7) is 3.39. The highest BCUT2D eigenvalue weighted by Crippen LogP contribution is 2.36. The van der Waals surface area contributed by atoms with Gasteiger partial charge in [0, 0.05) is 19.2 Å². The first-order chi connectivity index (χ1) is 9.63. The Morgan fingerprint density at radius 2 is 2.30 bits per heavy atom. The number of carbonyl (C=O) groups excluding carboxylic acids is 1. The summed E-state index contributed by atoms with van der Waals surface area (Å²) < 4.78 is 5.09. The lowest BCUT2D eigenvalue weighted by molar-refractivity contribution is 0.0752. The van der Waals surface area contributed by atoms with Gasteiger partial charge >= 0.3 is 0 Å². The third-order valence-corrected chi connectivity index (χ3v) is 4.06. The number of nitrogens with one attached hydrogen (secondary N) is 1. The Bertz CT molecular complexity index is 595. The van der Waals surface area contributed by atoms with Gasteiger partial charge in [-0.25, -0.2) is 0 Å². The summed E-state index contributed by atoms with van der Waals surface area (Å²) in [5.74, 6) is 0.357. The number of benzene rings is 1. The van der Waals surface area contributed by atoms with Crippen LogP contribution in [-0.4, -0.2) is 42.2 Å². The first-order valence-corrected chi connectivity index (χ1v) is 6.74. The second-order valence-corrected chi connectivity index (χ2v) is 5.19. The summed E-state index contributed by atoms with van der Waals surface area (Å²) in [4.78, 5) is 14.6. The van der Waals surface area contributed by atoms with Crippen LogP contribution < -0.4 is 10.1 Å². The number of nitrogens with zero attached hydrogens (tertiary/aromatic N) is 1. The Morgan fingerprint density at radius 1 is 1.50 bits per heavy atom. The summed E-state index contributed by atoms with van der Waals surface area (Å²) in [6.07, 6.45) is 2.99. The van der Waals surface area contributed by atoms with Crippen LogP contribution in [0.5, 0.6) is 11.5 Å². The molecule has 5 heteroatoms. The number of ether oxygens (including phenoxy) is 1. The molecular formula is C15H18N2O3. The molecule has 1 saturated heterocycles. The van der Waals surface area contributed by atoms with E-state index in [9.17, 15) is 9.90 Å². The molecule has 2 aliphatic rings. The Hall–Kier alpha value is -2.17. The van der Waals surface area contributed by atoms with E-state index in [1.54, 1.807) is 12.1 Å². The zero-order valence-electron chi connectivity index (χ0n) is 11.6. The molecule has 1 aromatic carbocycles. The minimum absolute atomic E-state index is 0.00912. The molecule has 2 aliphatic heterocycles. The van der Waals surface area contributed by atoms with E-state index in [2.05, 4.69) is 11.4 Å². The predicted octanol–water partition coefficient (Wildman–Crippen LogP) is 1.99. The molecule has 2 heterocycles. The molecule has 1 unspecified atom stereocenters. The molecule has 0 aromatic heterocycles. The Kier molecular flexibility index (Phi) is 3.04. The molecule has 3 rings (SSSR count). The van der Waals surface area contributed by atoms with Crippen molar-refractivity contribution in [3.05, 3.63) is 29.3 Å². The van der Waals surface area contributed by atoms with Crippen LogP contribution in [-0.2, 0) is 0 Å². The minimum Gasteiger partial charge on any atom is -0.504 e. The van der Waals surface area contributed by atoms with Gasteiger partial charge in [-0.3, -0.25) is 4.79 Å². The molecule has 2 N–H and O–H groups in total. The van der Waals surface area contributed by atoms with Crippen LogP contribution in [0.15, 0.2) is 23.8 Å². The molecule has 0 saturated carbocycles. The van der Waals surface area contributed by atoms with E-state index in [0.717, 1.165) is 6.42 Å². The van der Waals surface area contributed by atoms with Crippen molar-refractivity contribution < 1.29 is 14.6 Å². The second-order valence-electron chi connectivity index (χ2n) is 5.19. The normalized spacial score (nSPS) is 23.1. The third kappa shape index (κ3) is 1.90. The van der Waals surface area contributed by atoms with Gasteiger partial charge < -0.3 is 20.1 Å². The standard InChI is InChI=1S/C15H18N2O3/c1-3-9-4-10-7-16-12-6-13(18)14(20-2)5-11(12)15(19)17(10)8-9/h3,5-6,10,16,18H,4,7-8H2,1-2H3. The van der Waals surface area contributed by atoms with Crippen molar-refractivity contribution in [3.63, 3.8) is 0 Å². The summed E-state index contributed by atoms with van der Waals surface area (Å²) in [6, 6.07) is 3.34. The first kappa shape index (κ1) is 12.8. The van der Waals surface area contributed by atoms with Gasteiger partial charge in [-0.2, -0.15) is 0 Å². The molecule has 1 aromatic rings. The quantitative estimate of drug-likeness (QED) is 0.769. The number of fused-ring (bicyclic) bond motifs is 2. The number of phenols is 1. The smallest absolute Gasteiger partial charge is 0.256 e. The number of carbonyl (C=O) groups is 1. The maximum atomic E-state index is 12.7. The van der Waals surface area contributed by atoms with E-state index in [1.165, 1.54) is 12.7 Å². The summed E-state index contributed by atoms with van der Waals surface area (Å²) in [5, 5.41) is 13.1. The first-order valence-electron chi connectivity index (χ1n) is 6.74. The number of aromatic hydroxyl groups is 1. The van der Waals surface area contributed by atoms with Crippen molar-refractivity contribution in [1.29, 1.82) is 0 Å². The maximum Gasteiger partial charge on any atom is 0.256 e. The van der Waals surface area contributed by atoms with E-state index in [0.29, 0.717) is 30.1 Å². The Morgan fingerprint density at radius 3 is 3.00 bits per heavy atom. The molecule has 0 bridgehead atoms. The average Bonchev–Trinajstić information content (AvgIpc) is 2.83. The number of rotatable bonds is 1. The number of hydrogen-bond donors (Lipinski definition) is 2. The minimum atomic E-state index is -0.00912. The highest BCUT2D eigenvalue weighted by molar-refractivity contribution is 6.01. The molecule has 1 amide bonds. The largest absolute Gasteiger partial charge is 0.504 e. The van der Waals surface area contributed by atoms with E-state index >= 15 is 0 Å². The van der Waals surface area contributed by atoms with Gasteiger partial charge in [0.15, 0.2) is 11.5 Å². The number of methoxy groups -OCH3 is 1. The SMILES string of the molecule is CC=C1CC2CNc3cc(O)c(OC)cc3C(=O)N2C1. The number of phenolic OH excluding ortho intramolecular Hbond substituents is 1. The van der Waals surface area contributed by atoms with Gasteiger partial charge in [-0.05, 0) is 19.4 Å². The van der Waals surface area contributed by atoms with Gasteiger partial charge in [-0.1, -0.05) is 11.6 Å². The summed E-state index contributed by atoms with van der Waals surface area (Å²) in [5.41, 5.74) is 2.52. The fourth-order valence-electron chi connectivity index (χ4n) is 2.89. The third-order valence-electron chi connectivity index (χ3n) is 4.06. The topological polar surface area (TPSA) is 61.8 Å². The Labute approximate surface area is 117 Å². The van der Waals surface area contributed by atoms with Crippen LogP contribution >= 0.6 is 0 Å². The van der Waals surface area contributed by atoms with Crippen molar-refractivity contribution in [3.8, 4) is 11.5 Å². The van der Waals surface area contributed by atoms with Gasteiger partial charge in [-0.15, -0.1) is 0 Å². The van der Waals surface area contributed by atoms with Gasteiger partial charge in [0.2, 0.25) is 0 Å². The lowest BCUT2D eigenvalue weighted by atomic mass is 10.1. The summed E-state index contributed by atoms with van der Waals surface area (Å²) >= 11 is 0. The van der Waals surface area contributed by atoms with Crippen molar-refractivity contribution in [1.82, 2.24) is 4.90 Å². The molecule has 106 valence electrons. The fourth-order valence-corrected chi connectivity index (χ4v) is 2.89. The van der Waals surface area contributed by atoms with E-state index in [-0.39, 0.29) is 17.7 Å². The van der Waals surface area contributed by atoms with Crippen molar-refractivity contribution in [2.24, 2.45) is 0 Å². The molecule has 1 fully saturated rings. The number of hydrogen-bond acceptors (Lipinski definition) is 4. The maximum absolute atomic E-state index is 12.7. The van der Waals surface area contributed by atoms with Crippen molar-refractivity contribution in [2.45, 2.75) is 19.4 Å². The van der Waals surface area contributed by atoms with Crippen LogP contribution in [0.3, 0.4) is 0 Å². The number of amides is 1. The van der Waals surface area contributed by atoms with Crippen molar-refractivity contribution >= 4 is 11.6 Å². The van der Waals surface area contributed by atoms with Crippen LogP contribution in [0.2, 0.25) is 0 Å². The average molecular weight is 274 g/mol. The van der Waals surface area contributed by atoms with Gasteiger partial charge in [0.25, 0.3) is 5.91 Å². The molecule has 20 heavy (non-hydrogen) atoms. The number of allylic oxidation sites excluding steroid dienone is 1. The summed E-state index contributed by atoms with van der Waals surface area (Å²) in [7, 11) is 1.48.